The van der Waals surface area contributed by atoms with Gasteiger partial charge in [-0.3, -0.25) is 9.69 Å². The van der Waals surface area contributed by atoms with E-state index >= 15 is 0 Å². The van der Waals surface area contributed by atoms with Gasteiger partial charge in [0.05, 0.1) is 7.11 Å². The molecule has 4 heteroatoms. The fourth-order valence-corrected chi connectivity index (χ4v) is 3.92. The molecule has 148 valence electrons. The normalized spacial score (nSPS) is 11.8. The van der Waals surface area contributed by atoms with Gasteiger partial charge in [0.25, 0.3) is 5.56 Å². The van der Waals surface area contributed by atoms with Crippen LogP contribution in [0, 0.1) is 0 Å². The lowest BCUT2D eigenvalue weighted by molar-refractivity contribution is 0.162. The van der Waals surface area contributed by atoms with Gasteiger partial charge in [0.1, 0.15) is 5.75 Å². The molecule has 0 spiro atoms. The van der Waals surface area contributed by atoms with E-state index in [9.17, 15) is 4.79 Å². The van der Waals surface area contributed by atoms with Gasteiger partial charge in [0.2, 0.25) is 0 Å². The summed E-state index contributed by atoms with van der Waals surface area (Å²) in [4.78, 5) is 15.6. The highest BCUT2D eigenvalue weighted by atomic mass is 16.5. The van der Waals surface area contributed by atoms with Gasteiger partial charge < -0.3 is 9.30 Å². The molecule has 0 aliphatic heterocycles. The van der Waals surface area contributed by atoms with E-state index in [2.05, 4.69) is 44.7 Å². The van der Waals surface area contributed by atoms with Gasteiger partial charge in [-0.05, 0) is 51.5 Å². The van der Waals surface area contributed by atoms with Gasteiger partial charge in [-0.25, -0.2) is 0 Å². The van der Waals surface area contributed by atoms with Crippen LogP contribution in [0.4, 0.5) is 0 Å². The Kier molecular flexibility index (Phi) is 5.90. The number of pyridine rings is 1. The molecule has 0 saturated heterocycles. The zero-order chi connectivity index (χ0) is 20.4. The van der Waals surface area contributed by atoms with E-state index in [1.165, 1.54) is 0 Å². The maximum Gasteiger partial charge on any atom is 0.258 e. The number of hydrogen-bond donors (Lipinski definition) is 0. The summed E-state index contributed by atoms with van der Waals surface area (Å²) in [6.07, 6.45) is 0. The lowest BCUT2D eigenvalue weighted by Crippen LogP contribution is -2.38. The molecule has 4 nitrogen and oxygen atoms in total. The third-order valence-corrected chi connectivity index (χ3v) is 5.45. The fraction of sp³-hybridized carbons (Fsp3) is 0.375. The standard InChI is InChI=1S/C24H30N2O2/c1-16(2)26(17(3)4)15-22-23(18-10-8-7-9-11-18)21-14-19(28-6)12-13-20(21)24(27)25(22)5/h7-14,16-17H,15H2,1-6H3. The van der Waals surface area contributed by atoms with Crippen LogP contribution >= 0.6 is 0 Å². The maximum atomic E-state index is 13.2. The first-order chi connectivity index (χ1) is 13.3. The van der Waals surface area contributed by atoms with Gasteiger partial charge in [-0.1, -0.05) is 30.3 Å². The molecule has 0 aliphatic rings. The lowest BCUT2D eigenvalue weighted by atomic mass is 9.96. The van der Waals surface area contributed by atoms with Crippen molar-refractivity contribution in [2.75, 3.05) is 7.11 Å². The minimum atomic E-state index is 0.0276. The Bertz CT molecular complexity index is 1010. The summed E-state index contributed by atoms with van der Waals surface area (Å²) in [6, 6.07) is 16.8. The van der Waals surface area contributed by atoms with E-state index in [0.29, 0.717) is 24.0 Å². The number of benzene rings is 2. The summed E-state index contributed by atoms with van der Waals surface area (Å²) in [5, 5.41) is 1.66. The molecule has 3 aromatic rings. The molecule has 1 aromatic heterocycles. The Hall–Kier alpha value is -2.59. The van der Waals surface area contributed by atoms with Crippen LogP contribution in [-0.2, 0) is 13.6 Å². The third kappa shape index (κ3) is 3.69. The fourth-order valence-electron chi connectivity index (χ4n) is 3.92. The second-order valence-electron chi connectivity index (χ2n) is 7.82. The van der Waals surface area contributed by atoms with Crippen molar-refractivity contribution in [1.82, 2.24) is 9.47 Å². The smallest absolute Gasteiger partial charge is 0.258 e. The van der Waals surface area contributed by atoms with Gasteiger partial charge in [0.15, 0.2) is 0 Å². The molecule has 0 atom stereocenters. The van der Waals surface area contributed by atoms with E-state index in [4.69, 9.17) is 4.74 Å². The van der Waals surface area contributed by atoms with Crippen LogP contribution in [0.15, 0.2) is 53.3 Å². The van der Waals surface area contributed by atoms with E-state index in [1.54, 1.807) is 7.11 Å². The van der Waals surface area contributed by atoms with Crippen LogP contribution in [-0.4, -0.2) is 28.7 Å². The van der Waals surface area contributed by atoms with Crippen molar-refractivity contribution in [3.63, 3.8) is 0 Å². The number of fused-ring (bicyclic) bond motifs is 1. The molecule has 0 aliphatic carbocycles. The Morgan fingerprint density at radius 1 is 0.964 bits per heavy atom. The first kappa shape index (κ1) is 20.2. The van der Waals surface area contributed by atoms with E-state index < -0.39 is 0 Å². The number of aromatic nitrogens is 1. The molecule has 3 rings (SSSR count). The Labute approximate surface area is 167 Å². The lowest BCUT2D eigenvalue weighted by Gasteiger charge is -2.32. The number of ether oxygens (including phenoxy) is 1. The Morgan fingerprint density at radius 2 is 1.61 bits per heavy atom. The van der Waals surface area contributed by atoms with E-state index in [1.807, 2.05) is 48.0 Å². The Balaban J connectivity index is 2.38. The summed E-state index contributed by atoms with van der Waals surface area (Å²) < 4.78 is 7.28. The number of hydrogen-bond acceptors (Lipinski definition) is 3. The van der Waals surface area contributed by atoms with Crippen molar-refractivity contribution >= 4 is 10.8 Å². The van der Waals surface area contributed by atoms with Crippen LogP contribution in [0.5, 0.6) is 5.75 Å². The predicted octanol–water partition coefficient (Wildman–Crippen LogP) is 4.83. The zero-order valence-corrected chi connectivity index (χ0v) is 17.7. The van der Waals surface area contributed by atoms with Crippen molar-refractivity contribution in [2.24, 2.45) is 7.05 Å². The van der Waals surface area contributed by atoms with Gasteiger partial charge in [-0.15, -0.1) is 0 Å². The van der Waals surface area contributed by atoms with Crippen LogP contribution in [0.2, 0.25) is 0 Å². The average Bonchev–Trinajstić information content (AvgIpc) is 2.69. The van der Waals surface area contributed by atoms with Crippen molar-refractivity contribution in [3.8, 4) is 16.9 Å². The number of rotatable bonds is 6. The minimum absolute atomic E-state index is 0.0276. The minimum Gasteiger partial charge on any atom is -0.497 e. The molecule has 0 fully saturated rings. The highest BCUT2D eigenvalue weighted by Crippen LogP contribution is 2.33. The molecule has 0 unspecified atom stereocenters. The SMILES string of the molecule is COc1ccc2c(=O)n(C)c(CN(C(C)C)C(C)C)c(-c3ccccc3)c2c1. The van der Waals surface area contributed by atoms with Crippen molar-refractivity contribution in [2.45, 2.75) is 46.3 Å². The molecular weight excluding hydrogens is 348 g/mol. The molecule has 0 bridgehead atoms. The summed E-state index contributed by atoms with van der Waals surface area (Å²) in [5.41, 5.74) is 3.26. The molecule has 2 aromatic carbocycles. The summed E-state index contributed by atoms with van der Waals surface area (Å²) in [6.45, 7) is 9.50. The summed E-state index contributed by atoms with van der Waals surface area (Å²) in [7, 11) is 3.54. The molecule has 1 heterocycles. The number of nitrogens with zero attached hydrogens (tertiary/aromatic N) is 2. The second kappa shape index (κ2) is 8.19. The summed E-state index contributed by atoms with van der Waals surface area (Å²) in [5.74, 6) is 0.758. The topological polar surface area (TPSA) is 34.5 Å². The Morgan fingerprint density at radius 3 is 2.18 bits per heavy atom. The monoisotopic (exact) mass is 378 g/mol. The van der Waals surface area contributed by atoms with Crippen molar-refractivity contribution in [3.05, 3.63) is 64.6 Å². The molecule has 0 radical (unpaired) electrons. The zero-order valence-electron chi connectivity index (χ0n) is 17.7. The highest BCUT2D eigenvalue weighted by molar-refractivity contribution is 5.98. The molecule has 0 N–H and O–H groups in total. The van der Waals surface area contributed by atoms with Crippen LogP contribution in [0.3, 0.4) is 0 Å². The van der Waals surface area contributed by atoms with Crippen LogP contribution in [0.1, 0.15) is 33.4 Å². The first-order valence-electron chi connectivity index (χ1n) is 9.86. The highest BCUT2D eigenvalue weighted by Gasteiger charge is 2.21. The predicted molar refractivity (Wildman–Crippen MR) is 117 cm³/mol. The quantitative estimate of drug-likeness (QED) is 0.616. The molecular formula is C24H30N2O2. The average molecular weight is 379 g/mol. The van der Waals surface area contributed by atoms with Crippen molar-refractivity contribution < 1.29 is 4.74 Å². The maximum absolute atomic E-state index is 13.2. The molecule has 0 amide bonds. The molecule has 0 saturated carbocycles. The summed E-state index contributed by atoms with van der Waals surface area (Å²) >= 11 is 0. The van der Waals surface area contributed by atoms with Gasteiger partial charge in [0, 0.05) is 47.7 Å². The van der Waals surface area contributed by atoms with Crippen LogP contribution in [0.25, 0.3) is 21.9 Å². The second-order valence-corrected chi connectivity index (χ2v) is 7.82. The van der Waals surface area contributed by atoms with Crippen LogP contribution < -0.4 is 10.3 Å². The molecule has 28 heavy (non-hydrogen) atoms. The first-order valence-corrected chi connectivity index (χ1v) is 9.86. The van der Waals surface area contributed by atoms with Gasteiger partial charge >= 0.3 is 0 Å². The van der Waals surface area contributed by atoms with Gasteiger partial charge in [-0.2, -0.15) is 0 Å². The third-order valence-electron chi connectivity index (χ3n) is 5.45. The van der Waals surface area contributed by atoms with Crippen molar-refractivity contribution in [1.29, 1.82) is 0 Å². The van der Waals surface area contributed by atoms with E-state index in [-0.39, 0.29) is 5.56 Å². The number of methoxy groups -OCH3 is 1. The largest absolute Gasteiger partial charge is 0.497 e. The van der Waals surface area contributed by atoms with E-state index in [0.717, 1.165) is 28.0 Å².